The van der Waals surface area contributed by atoms with Crippen molar-refractivity contribution in [2.75, 3.05) is 0 Å². The summed E-state index contributed by atoms with van der Waals surface area (Å²) >= 11 is 5.77. The molecule has 0 aliphatic rings. The molecule has 6 heteroatoms. The number of aromatic nitrogens is 2. The molecule has 0 aliphatic carbocycles. The van der Waals surface area contributed by atoms with Gasteiger partial charge in [0.1, 0.15) is 5.75 Å². The molecular formula is C13H9ClN2O3. The summed E-state index contributed by atoms with van der Waals surface area (Å²) in [6.45, 7) is 1.88. The van der Waals surface area contributed by atoms with Gasteiger partial charge >= 0.3 is 0 Å². The van der Waals surface area contributed by atoms with Gasteiger partial charge in [0.25, 0.3) is 5.89 Å². The van der Waals surface area contributed by atoms with Crippen molar-refractivity contribution in [2.24, 2.45) is 0 Å². The van der Waals surface area contributed by atoms with Crippen LogP contribution in [0.2, 0.25) is 5.02 Å². The molecule has 0 atom stereocenters. The van der Waals surface area contributed by atoms with Crippen LogP contribution in [0.1, 0.15) is 5.56 Å². The Morgan fingerprint density at radius 2 is 2.11 bits per heavy atom. The van der Waals surface area contributed by atoms with Gasteiger partial charge in [-0.05, 0) is 36.8 Å². The predicted molar refractivity (Wildman–Crippen MR) is 68.8 cm³/mol. The normalized spacial score (nSPS) is 10.8. The number of aromatic hydroxyl groups is 1. The third kappa shape index (κ3) is 2.08. The molecule has 2 heterocycles. The summed E-state index contributed by atoms with van der Waals surface area (Å²) in [6, 6.07) is 6.48. The number of hydrogen-bond donors (Lipinski definition) is 1. The summed E-state index contributed by atoms with van der Waals surface area (Å²) in [5.41, 5.74) is 1.33. The zero-order valence-electron chi connectivity index (χ0n) is 9.92. The lowest BCUT2D eigenvalue weighted by Crippen LogP contribution is -1.82. The van der Waals surface area contributed by atoms with Gasteiger partial charge in [-0.3, -0.25) is 0 Å². The number of hydrogen-bond acceptors (Lipinski definition) is 5. The Kier molecular flexibility index (Phi) is 2.76. The summed E-state index contributed by atoms with van der Waals surface area (Å²) in [7, 11) is 0. The molecule has 0 bridgehead atoms. The lowest BCUT2D eigenvalue weighted by Gasteiger charge is -1.98. The second-order valence-electron chi connectivity index (χ2n) is 4.02. The number of aryl methyl sites for hydroxylation is 1. The second-order valence-corrected chi connectivity index (χ2v) is 4.45. The Hall–Kier alpha value is -2.27. The zero-order valence-corrected chi connectivity index (χ0v) is 10.7. The average molecular weight is 277 g/mol. The first-order valence-electron chi connectivity index (χ1n) is 5.52. The summed E-state index contributed by atoms with van der Waals surface area (Å²) in [5, 5.41) is 14.1. The van der Waals surface area contributed by atoms with E-state index < -0.39 is 0 Å². The minimum atomic E-state index is -0.0149. The molecule has 0 amide bonds. The lowest BCUT2D eigenvalue weighted by molar-refractivity contribution is 0.423. The molecule has 0 spiro atoms. The minimum Gasteiger partial charge on any atom is -0.507 e. The Balaban J connectivity index is 2.04. The molecule has 0 saturated heterocycles. The summed E-state index contributed by atoms with van der Waals surface area (Å²) < 4.78 is 10.4. The van der Waals surface area contributed by atoms with E-state index in [9.17, 15) is 5.11 Å². The van der Waals surface area contributed by atoms with Crippen molar-refractivity contribution in [2.45, 2.75) is 6.92 Å². The molecule has 0 fully saturated rings. The molecule has 3 rings (SSSR count). The highest BCUT2D eigenvalue weighted by Crippen LogP contribution is 2.32. The molecule has 1 N–H and O–H groups in total. The number of benzene rings is 1. The molecule has 3 aromatic rings. The van der Waals surface area contributed by atoms with Gasteiger partial charge in [-0.2, -0.15) is 4.98 Å². The highest BCUT2D eigenvalue weighted by molar-refractivity contribution is 6.30. The van der Waals surface area contributed by atoms with Crippen molar-refractivity contribution < 1.29 is 14.0 Å². The molecule has 0 saturated carbocycles. The predicted octanol–water partition coefficient (Wildman–Crippen LogP) is 3.66. The quantitative estimate of drug-likeness (QED) is 0.773. The van der Waals surface area contributed by atoms with Crippen LogP contribution in [0.5, 0.6) is 5.75 Å². The van der Waals surface area contributed by atoms with Gasteiger partial charge < -0.3 is 14.0 Å². The van der Waals surface area contributed by atoms with Crippen LogP contribution in [0.3, 0.4) is 0 Å². The van der Waals surface area contributed by atoms with E-state index in [1.807, 2.05) is 13.0 Å². The van der Waals surface area contributed by atoms with Crippen molar-refractivity contribution in [1.29, 1.82) is 0 Å². The Morgan fingerprint density at radius 3 is 2.79 bits per heavy atom. The molecular weight excluding hydrogens is 268 g/mol. The summed E-state index contributed by atoms with van der Waals surface area (Å²) in [6.07, 6.45) is 1.56. The number of halogens is 1. The third-order valence-corrected chi connectivity index (χ3v) is 2.92. The Morgan fingerprint density at radius 1 is 1.26 bits per heavy atom. The van der Waals surface area contributed by atoms with Gasteiger partial charge in [-0.15, -0.1) is 0 Å². The molecule has 0 unspecified atom stereocenters. The molecule has 1 aromatic carbocycles. The fourth-order valence-electron chi connectivity index (χ4n) is 1.71. The fourth-order valence-corrected chi connectivity index (χ4v) is 1.88. The number of phenols is 1. The Labute approximate surface area is 113 Å². The zero-order chi connectivity index (χ0) is 13.4. The topological polar surface area (TPSA) is 72.3 Å². The lowest BCUT2D eigenvalue weighted by atomic mass is 10.2. The standard InChI is InChI=1S/C13H9ClN2O3/c1-7-4-5-18-11(7)12-15-13(19-16-12)9-3-2-8(14)6-10(9)17/h2-6,17H,1H3. The van der Waals surface area contributed by atoms with E-state index in [1.54, 1.807) is 18.4 Å². The maximum atomic E-state index is 9.80. The maximum absolute atomic E-state index is 9.80. The van der Waals surface area contributed by atoms with E-state index in [1.165, 1.54) is 6.07 Å². The number of rotatable bonds is 2. The SMILES string of the molecule is Cc1ccoc1-c1noc(-c2ccc(Cl)cc2O)n1. The van der Waals surface area contributed by atoms with Crippen LogP contribution in [0.4, 0.5) is 0 Å². The van der Waals surface area contributed by atoms with E-state index in [0.29, 0.717) is 22.2 Å². The van der Waals surface area contributed by atoms with Gasteiger partial charge in [0, 0.05) is 5.02 Å². The average Bonchev–Trinajstić information content (AvgIpc) is 2.97. The second kappa shape index (κ2) is 4.44. The van der Waals surface area contributed by atoms with E-state index in [4.69, 9.17) is 20.5 Å². The molecule has 0 radical (unpaired) electrons. The maximum Gasteiger partial charge on any atom is 0.262 e. The number of nitrogens with zero attached hydrogens (tertiary/aromatic N) is 2. The van der Waals surface area contributed by atoms with Crippen molar-refractivity contribution in [3.63, 3.8) is 0 Å². The van der Waals surface area contributed by atoms with Crippen molar-refractivity contribution in [3.8, 4) is 28.8 Å². The first-order chi connectivity index (χ1) is 9.15. The Bertz CT molecular complexity index is 733. The molecule has 0 aliphatic heterocycles. The van der Waals surface area contributed by atoms with E-state index in [0.717, 1.165) is 5.56 Å². The van der Waals surface area contributed by atoms with Crippen LogP contribution in [0.25, 0.3) is 23.0 Å². The van der Waals surface area contributed by atoms with Crippen LogP contribution >= 0.6 is 11.6 Å². The third-order valence-electron chi connectivity index (χ3n) is 2.68. The van der Waals surface area contributed by atoms with Crippen molar-refractivity contribution >= 4 is 11.6 Å². The molecule has 19 heavy (non-hydrogen) atoms. The molecule has 96 valence electrons. The highest BCUT2D eigenvalue weighted by atomic mass is 35.5. The van der Waals surface area contributed by atoms with E-state index >= 15 is 0 Å². The largest absolute Gasteiger partial charge is 0.507 e. The minimum absolute atomic E-state index is 0.0149. The van der Waals surface area contributed by atoms with Crippen LogP contribution in [0, 0.1) is 6.92 Å². The first kappa shape index (κ1) is 11.8. The van der Waals surface area contributed by atoms with Gasteiger partial charge in [-0.1, -0.05) is 16.8 Å². The smallest absolute Gasteiger partial charge is 0.262 e. The van der Waals surface area contributed by atoms with Gasteiger partial charge in [0.15, 0.2) is 5.76 Å². The van der Waals surface area contributed by atoms with E-state index in [2.05, 4.69) is 10.1 Å². The van der Waals surface area contributed by atoms with Crippen LogP contribution in [-0.2, 0) is 0 Å². The molecule has 5 nitrogen and oxygen atoms in total. The van der Waals surface area contributed by atoms with Crippen LogP contribution < -0.4 is 0 Å². The van der Waals surface area contributed by atoms with Gasteiger partial charge in [-0.25, -0.2) is 0 Å². The first-order valence-corrected chi connectivity index (χ1v) is 5.90. The number of furan rings is 1. The summed E-state index contributed by atoms with van der Waals surface area (Å²) in [5.74, 6) is 1.08. The molecule has 2 aromatic heterocycles. The number of phenolic OH excluding ortho intramolecular Hbond substituents is 1. The van der Waals surface area contributed by atoms with Crippen LogP contribution in [-0.4, -0.2) is 15.2 Å². The van der Waals surface area contributed by atoms with E-state index in [-0.39, 0.29) is 11.6 Å². The van der Waals surface area contributed by atoms with Gasteiger partial charge in [0.2, 0.25) is 5.82 Å². The fraction of sp³-hybridized carbons (Fsp3) is 0.0769. The monoisotopic (exact) mass is 276 g/mol. The van der Waals surface area contributed by atoms with Crippen LogP contribution in [0.15, 0.2) is 39.5 Å². The van der Waals surface area contributed by atoms with Gasteiger partial charge in [0.05, 0.1) is 11.8 Å². The highest BCUT2D eigenvalue weighted by Gasteiger charge is 2.17. The van der Waals surface area contributed by atoms with Crippen molar-refractivity contribution in [1.82, 2.24) is 10.1 Å². The van der Waals surface area contributed by atoms with Crippen molar-refractivity contribution in [3.05, 3.63) is 41.1 Å². The summed E-state index contributed by atoms with van der Waals surface area (Å²) in [4.78, 5) is 4.20.